The monoisotopic (exact) mass is 345 g/mol. The van der Waals surface area contributed by atoms with E-state index >= 15 is 0 Å². The SMILES string of the molecule is NC(=O)[C@H]1CCCN(c2ccc(CNC(=O)C3CCOCC3)cc2)C1. The van der Waals surface area contributed by atoms with Crippen LogP contribution in [0.1, 0.15) is 31.2 Å². The fourth-order valence-corrected chi connectivity index (χ4v) is 3.56. The number of nitrogens with two attached hydrogens (primary N) is 1. The third kappa shape index (κ3) is 4.72. The molecule has 0 unspecified atom stereocenters. The summed E-state index contributed by atoms with van der Waals surface area (Å²) < 4.78 is 5.29. The first-order valence-corrected chi connectivity index (χ1v) is 9.12. The minimum Gasteiger partial charge on any atom is -0.381 e. The van der Waals surface area contributed by atoms with Crippen LogP contribution in [0, 0.1) is 11.8 Å². The zero-order valence-electron chi connectivity index (χ0n) is 14.6. The molecule has 25 heavy (non-hydrogen) atoms. The Balaban J connectivity index is 1.51. The molecule has 0 spiro atoms. The number of carbonyl (C=O) groups is 2. The van der Waals surface area contributed by atoms with Gasteiger partial charge in [0.05, 0.1) is 5.92 Å². The number of carbonyl (C=O) groups excluding carboxylic acids is 2. The van der Waals surface area contributed by atoms with Gasteiger partial charge >= 0.3 is 0 Å². The van der Waals surface area contributed by atoms with Gasteiger partial charge in [-0.1, -0.05) is 12.1 Å². The molecule has 2 amide bonds. The van der Waals surface area contributed by atoms with E-state index in [9.17, 15) is 9.59 Å². The number of primary amides is 1. The number of piperidine rings is 1. The third-order valence-corrected chi connectivity index (χ3v) is 5.18. The van der Waals surface area contributed by atoms with Crippen molar-refractivity contribution in [2.45, 2.75) is 32.2 Å². The first kappa shape index (κ1) is 17.7. The van der Waals surface area contributed by atoms with Gasteiger partial charge in [-0.15, -0.1) is 0 Å². The van der Waals surface area contributed by atoms with E-state index in [2.05, 4.69) is 22.3 Å². The zero-order chi connectivity index (χ0) is 17.6. The van der Waals surface area contributed by atoms with Gasteiger partial charge in [0.2, 0.25) is 11.8 Å². The molecule has 3 N–H and O–H groups in total. The summed E-state index contributed by atoms with van der Waals surface area (Å²) in [6.07, 6.45) is 3.47. The Kier molecular flexibility index (Phi) is 5.91. The van der Waals surface area contributed by atoms with Crippen molar-refractivity contribution < 1.29 is 14.3 Å². The highest BCUT2D eigenvalue weighted by molar-refractivity contribution is 5.79. The molecule has 0 radical (unpaired) electrons. The van der Waals surface area contributed by atoms with Crippen molar-refractivity contribution in [2.24, 2.45) is 17.6 Å². The molecule has 2 saturated heterocycles. The third-order valence-electron chi connectivity index (χ3n) is 5.18. The van der Waals surface area contributed by atoms with E-state index in [1.165, 1.54) is 0 Å². The number of rotatable bonds is 5. The highest BCUT2D eigenvalue weighted by atomic mass is 16.5. The van der Waals surface area contributed by atoms with Gasteiger partial charge in [0.1, 0.15) is 0 Å². The molecule has 0 aromatic heterocycles. The molecule has 2 heterocycles. The summed E-state index contributed by atoms with van der Waals surface area (Å²) in [6, 6.07) is 8.18. The normalized spacial score (nSPS) is 21.8. The summed E-state index contributed by atoms with van der Waals surface area (Å²) in [5.74, 6) is -0.0795. The van der Waals surface area contributed by atoms with E-state index < -0.39 is 0 Å². The average Bonchev–Trinajstić information content (AvgIpc) is 2.67. The van der Waals surface area contributed by atoms with Crippen molar-refractivity contribution in [1.82, 2.24) is 5.32 Å². The van der Waals surface area contributed by atoms with Crippen LogP contribution < -0.4 is 16.0 Å². The molecule has 2 fully saturated rings. The minimum atomic E-state index is -0.211. The molecule has 136 valence electrons. The Morgan fingerprint density at radius 3 is 2.52 bits per heavy atom. The first-order chi connectivity index (χ1) is 12.1. The standard InChI is InChI=1S/C19H27N3O3/c20-18(23)16-2-1-9-22(13-16)17-5-3-14(4-6-17)12-21-19(24)15-7-10-25-11-8-15/h3-6,15-16H,1-2,7-13H2,(H2,20,23)(H,21,24)/t16-/m0/s1. The lowest BCUT2D eigenvalue weighted by atomic mass is 9.97. The number of ether oxygens (including phenoxy) is 1. The first-order valence-electron chi connectivity index (χ1n) is 9.12. The highest BCUT2D eigenvalue weighted by Gasteiger charge is 2.24. The van der Waals surface area contributed by atoms with Crippen molar-refractivity contribution in [1.29, 1.82) is 0 Å². The molecule has 2 aliphatic heterocycles. The van der Waals surface area contributed by atoms with Gasteiger partial charge in [0.25, 0.3) is 0 Å². The summed E-state index contributed by atoms with van der Waals surface area (Å²) in [4.78, 5) is 25.8. The molecule has 2 aliphatic rings. The predicted octanol–water partition coefficient (Wildman–Crippen LogP) is 1.43. The van der Waals surface area contributed by atoms with E-state index in [1.807, 2.05) is 12.1 Å². The predicted molar refractivity (Wildman–Crippen MR) is 96.0 cm³/mol. The van der Waals surface area contributed by atoms with Crippen LogP contribution in [0.2, 0.25) is 0 Å². The van der Waals surface area contributed by atoms with Crippen LogP contribution in [0.3, 0.4) is 0 Å². The van der Waals surface area contributed by atoms with Crippen molar-refractivity contribution in [2.75, 3.05) is 31.2 Å². The Labute approximate surface area is 148 Å². The number of nitrogens with zero attached hydrogens (tertiary/aromatic N) is 1. The number of benzene rings is 1. The second-order valence-electron chi connectivity index (χ2n) is 6.96. The molecule has 1 aromatic carbocycles. The molecule has 1 atom stereocenters. The van der Waals surface area contributed by atoms with Crippen LogP contribution in [0.25, 0.3) is 0 Å². The van der Waals surface area contributed by atoms with Crippen LogP contribution >= 0.6 is 0 Å². The molecule has 1 aromatic rings. The van der Waals surface area contributed by atoms with E-state index in [4.69, 9.17) is 10.5 Å². The summed E-state index contributed by atoms with van der Waals surface area (Å²) in [7, 11) is 0. The maximum atomic E-state index is 12.2. The second-order valence-corrected chi connectivity index (χ2v) is 6.96. The lowest BCUT2D eigenvalue weighted by Gasteiger charge is -2.33. The van der Waals surface area contributed by atoms with Crippen molar-refractivity contribution in [3.05, 3.63) is 29.8 Å². The topological polar surface area (TPSA) is 84.7 Å². The van der Waals surface area contributed by atoms with Crippen LogP contribution in [0.4, 0.5) is 5.69 Å². The fraction of sp³-hybridized carbons (Fsp3) is 0.579. The van der Waals surface area contributed by atoms with Gasteiger partial charge in [-0.05, 0) is 43.4 Å². The molecule has 6 nitrogen and oxygen atoms in total. The summed E-state index contributed by atoms with van der Waals surface area (Å²) in [5.41, 5.74) is 7.63. The van der Waals surface area contributed by atoms with Gasteiger partial charge in [0, 0.05) is 44.5 Å². The van der Waals surface area contributed by atoms with Gasteiger partial charge in [0.15, 0.2) is 0 Å². The van der Waals surface area contributed by atoms with Gasteiger partial charge in [-0.3, -0.25) is 9.59 Å². The number of hydrogen-bond donors (Lipinski definition) is 2. The van der Waals surface area contributed by atoms with Gasteiger partial charge in [-0.25, -0.2) is 0 Å². The summed E-state index contributed by atoms with van der Waals surface area (Å²) in [5, 5.41) is 3.02. The molecular weight excluding hydrogens is 318 g/mol. The Hall–Kier alpha value is -2.08. The highest BCUT2D eigenvalue weighted by Crippen LogP contribution is 2.23. The number of nitrogens with one attached hydrogen (secondary N) is 1. The Morgan fingerprint density at radius 2 is 1.84 bits per heavy atom. The maximum absolute atomic E-state index is 12.2. The van der Waals surface area contributed by atoms with Crippen LogP contribution in [-0.4, -0.2) is 38.1 Å². The smallest absolute Gasteiger partial charge is 0.223 e. The van der Waals surface area contributed by atoms with Gasteiger partial charge in [-0.2, -0.15) is 0 Å². The zero-order valence-corrected chi connectivity index (χ0v) is 14.6. The lowest BCUT2D eigenvalue weighted by molar-refractivity contribution is -0.128. The Morgan fingerprint density at radius 1 is 1.12 bits per heavy atom. The summed E-state index contributed by atoms with van der Waals surface area (Å²) in [6.45, 7) is 3.53. The van der Waals surface area contributed by atoms with Crippen molar-refractivity contribution >= 4 is 17.5 Å². The van der Waals surface area contributed by atoms with Crippen LogP contribution in [0.5, 0.6) is 0 Å². The maximum Gasteiger partial charge on any atom is 0.223 e. The van der Waals surface area contributed by atoms with Crippen LogP contribution in [0.15, 0.2) is 24.3 Å². The molecule has 0 aliphatic carbocycles. The largest absolute Gasteiger partial charge is 0.381 e. The van der Waals surface area contributed by atoms with Crippen molar-refractivity contribution in [3.63, 3.8) is 0 Å². The quantitative estimate of drug-likeness (QED) is 0.845. The number of anilines is 1. The van der Waals surface area contributed by atoms with E-state index in [0.29, 0.717) is 26.3 Å². The minimum absolute atomic E-state index is 0.0628. The number of hydrogen-bond acceptors (Lipinski definition) is 4. The van der Waals surface area contributed by atoms with Gasteiger partial charge < -0.3 is 20.7 Å². The average molecular weight is 345 g/mol. The van der Waals surface area contributed by atoms with E-state index in [0.717, 1.165) is 43.5 Å². The lowest BCUT2D eigenvalue weighted by Crippen LogP contribution is -2.41. The molecular formula is C19H27N3O3. The molecule has 3 rings (SSSR count). The molecule has 6 heteroatoms. The Bertz CT molecular complexity index is 596. The van der Waals surface area contributed by atoms with E-state index in [-0.39, 0.29) is 23.7 Å². The van der Waals surface area contributed by atoms with Crippen molar-refractivity contribution in [3.8, 4) is 0 Å². The second kappa shape index (κ2) is 8.34. The summed E-state index contributed by atoms with van der Waals surface area (Å²) >= 11 is 0. The van der Waals surface area contributed by atoms with Crippen LogP contribution in [-0.2, 0) is 20.9 Å². The molecule has 0 bridgehead atoms. The molecule has 0 saturated carbocycles. The number of amides is 2. The van der Waals surface area contributed by atoms with E-state index in [1.54, 1.807) is 0 Å². The fourth-order valence-electron chi connectivity index (χ4n) is 3.56.